The lowest BCUT2D eigenvalue weighted by Crippen LogP contribution is -2.14. The molecule has 0 aliphatic carbocycles. The molecule has 0 aliphatic rings. The van der Waals surface area contributed by atoms with E-state index in [0.29, 0.717) is 4.80 Å². The van der Waals surface area contributed by atoms with E-state index in [4.69, 9.17) is 4.74 Å². The van der Waals surface area contributed by atoms with Crippen LogP contribution >= 0.6 is 11.3 Å². The van der Waals surface area contributed by atoms with Crippen LogP contribution in [0.3, 0.4) is 0 Å². The standard InChI is InChI=1S/C18H17FN2O2S/c1-11-8-12(4-7-15(11)23-3)9-17(22)20-18-21(2)14-6-5-13(19)10-16(14)24-18/h4-8,10H,9H2,1-3H3. The highest BCUT2D eigenvalue weighted by Crippen LogP contribution is 2.19. The molecule has 0 aliphatic heterocycles. The van der Waals surface area contributed by atoms with Crippen LogP contribution in [0.15, 0.2) is 41.4 Å². The van der Waals surface area contributed by atoms with Crippen LogP contribution in [0, 0.1) is 12.7 Å². The van der Waals surface area contributed by atoms with Crippen molar-refractivity contribution in [3.8, 4) is 5.75 Å². The molecule has 124 valence electrons. The number of rotatable bonds is 3. The summed E-state index contributed by atoms with van der Waals surface area (Å²) in [7, 11) is 3.44. The Hall–Kier alpha value is -2.47. The van der Waals surface area contributed by atoms with Gasteiger partial charge >= 0.3 is 0 Å². The van der Waals surface area contributed by atoms with Gasteiger partial charge in [-0.3, -0.25) is 4.79 Å². The molecule has 4 nitrogen and oxygen atoms in total. The maximum Gasteiger partial charge on any atom is 0.252 e. The minimum Gasteiger partial charge on any atom is -0.496 e. The van der Waals surface area contributed by atoms with Crippen LogP contribution in [0.5, 0.6) is 5.75 Å². The van der Waals surface area contributed by atoms with Gasteiger partial charge in [0.15, 0.2) is 4.80 Å². The summed E-state index contributed by atoms with van der Waals surface area (Å²) in [5.74, 6) is 0.263. The second kappa shape index (κ2) is 6.57. The number of amides is 1. The number of hydrogen-bond donors (Lipinski definition) is 0. The number of nitrogens with zero attached hydrogens (tertiary/aromatic N) is 2. The third kappa shape index (κ3) is 3.23. The summed E-state index contributed by atoms with van der Waals surface area (Å²) in [5.41, 5.74) is 2.72. The average molecular weight is 344 g/mol. The number of halogens is 1. The van der Waals surface area contributed by atoms with Gasteiger partial charge < -0.3 is 9.30 Å². The van der Waals surface area contributed by atoms with E-state index in [2.05, 4.69) is 4.99 Å². The predicted octanol–water partition coefficient (Wildman–Crippen LogP) is 3.37. The summed E-state index contributed by atoms with van der Waals surface area (Å²) in [6, 6.07) is 10.2. The molecule has 24 heavy (non-hydrogen) atoms. The number of aromatic nitrogens is 1. The third-order valence-corrected chi connectivity index (χ3v) is 4.90. The van der Waals surface area contributed by atoms with E-state index in [1.165, 1.54) is 23.5 Å². The Balaban J connectivity index is 1.90. The van der Waals surface area contributed by atoms with Gasteiger partial charge in [-0.05, 0) is 42.3 Å². The average Bonchev–Trinajstić information content (AvgIpc) is 2.82. The van der Waals surface area contributed by atoms with E-state index in [1.54, 1.807) is 17.7 Å². The van der Waals surface area contributed by atoms with Gasteiger partial charge in [0.2, 0.25) is 0 Å². The smallest absolute Gasteiger partial charge is 0.252 e. The first-order chi connectivity index (χ1) is 11.5. The number of fused-ring (bicyclic) bond motifs is 1. The number of carbonyl (C=O) groups is 1. The van der Waals surface area contributed by atoms with Crippen molar-refractivity contribution in [2.75, 3.05) is 7.11 Å². The molecular formula is C18H17FN2O2S. The Kier molecular flexibility index (Phi) is 4.49. The van der Waals surface area contributed by atoms with Crippen molar-refractivity contribution in [1.29, 1.82) is 0 Å². The quantitative estimate of drug-likeness (QED) is 0.731. The first-order valence-corrected chi connectivity index (χ1v) is 8.26. The van der Waals surface area contributed by atoms with E-state index in [1.807, 2.05) is 32.2 Å². The fraction of sp³-hybridized carbons (Fsp3) is 0.222. The van der Waals surface area contributed by atoms with Gasteiger partial charge in [-0.15, -0.1) is 0 Å². The number of carbonyl (C=O) groups excluding carboxylic acids is 1. The van der Waals surface area contributed by atoms with Crippen molar-refractivity contribution in [2.45, 2.75) is 13.3 Å². The lowest BCUT2D eigenvalue weighted by Gasteiger charge is -2.05. The van der Waals surface area contributed by atoms with Gasteiger partial charge in [0.25, 0.3) is 5.91 Å². The van der Waals surface area contributed by atoms with E-state index in [-0.39, 0.29) is 18.1 Å². The van der Waals surface area contributed by atoms with Gasteiger partial charge in [0.05, 0.1) is 23.7 Å². The monoisotopic (exact) mass is 344 g/mol. The second-order valence-electron chi connectivity index (χ2n) is 5.54. The van der Waals surface area contributed by atoms with E-state index < -0.39 is 0 Å². The molecule has 0 saturated heterocycles. The molecule has 1 aromatic heterocycles. The number of hydrogen-bond acceptors (Lipinski definition) is 3. The maximum absolute atomic E-state index is 13.3. The maximum atomic E-state index is 13.3. The molecular weight excluding hydrogens is 327 g/mol. The highest BCUT2D eigenvalue weighted by atomic mass is 32.1. The molecule has 0 fully saturated rings. The zero-order chi connectivity index (χ0) is 17.3. The van der Waals surface area contributed by atoms with Crippen LogP contribution in [0.25, 0.3) is 10.2 Å². The van der Waals surface area contributed by atoms with Crippen LogP contribution in [0.1, 0.15) is 11.1 Å². The predicted molar refractivity (Wildman–Crippen MR) is 92.8 cm³/mol. The summed E-state index contributed by atoms with van der Waals surface area (Å²) in [6.07, 6.45) is 0.216. The summed E-state index contributed by atoms with van der Waals surface area (Å²) in [4.78, 5) is 17.0. The zero-order valence-corrected chi connectivity index (χ0v) is 14.5. The number of methoxy groups -OCH3 is 1. The van der Waals surface area contributed by atoms with Gasteiger partial charge in [0.1, 0.15) is 11.6 Å². The summed E-state index contributed by atoms with van der Waals surface area (Å²) in [5, 5.41) is 0. The molecule has 3 rings (SSSR count). The fourth-order valence-electron chi connectivity index (χ4n) is 2.59. The molecule has 0 N–H and O–H groups in total. The zero-order valence-electron chi connectivity index (χ0n) is 13.7. The minimum absolute atomic E-state index is 0.216. The lowest BCUT2D eigenvalue weighted by molar-refractivity contribution is -0.117. The number of thiazole rings is 1. The Morgan fingerprint density at radius 2 is 2.08 bits per heavy atom. The SMILES string of the molecule is COc1ccc(CC(=O)N=c2sc3cc(F)ccc3n2C)cc1C. The molecule has 0 radical (unpaired) electrons. The topological polar surface area (TPSA) is 43.6 Å². The van der Waals surface area contributed by atoms with Crippen LogP contribution in [-0.4, -0.2) is 17.6 Å². The minimum atomic E-state index is -0.295. The van der Waals surface area contributed by atoms with Gasteiger partial charge in [0, 0.05) is 7.05 Å². The Morgan fingerprint density at radius 3 is 2.79 bits per heavy atom. The molecule has 6 heteroatoms. The fourth-order valence-corrected chi connectivity index (χ4v) is 3.65. The number of ether oxygens (including phenoxy) is 1. The molecule has 1 amide bonds. The van der Waals surface area contributed by atoms with Crippen LogP contribution in [0.2, 0.25) is 0 Å². The molecule has 1 heterocycles. The molecule has 0 atom stereocenters. The Labute approximate surface area is 142 Å². The van der Waals surface area contributed by atoms with Crippen molar-refractivity contribution in [3.63, 3.8) is 0 Å². The van der Waals surface area contributed by atoms with E-state index in [0.717, 1.165) is 27.1 Å². The van der Waals surface area contributed by atoms with Crippen molar-refractivity contribution in [1.82, 2.24) is 4.57 Å². The second-order valence-corrected chi connectivity index (χ2v) is 6.55. The van der Waals surface area contributed by atoms with Crippen LogP contribution in [0.4, 0.5) is 4.39 Å². The number of benzene rings is 2. The lowest BCUT2D eigenvalue weighted by atomic mass is 10.1. The van der Waals surface area contributed by atoms with Gasteiger partial charge in [-0.1, -0.05) is 23.5 Å². The first-order valence-electron chi connectivity index (χ1n) is 7.44. The Morgan fingerprint density at radius 1 is 1.29 bits per heavy atom. The van der Waals surface area contributed by atoms with Gasteiger partial charge in [-0.25, -0.2) is 4.39 Å². The molecule has 0 bridgehead atoms. The normalized spacial score (nSPS) is 11.9. The van der Waals surface area contributed by atoms with Crippen molar-refractivity contribution < 1.29 is 13.9 Å². The highest BCUT2D eigenvalue weighted by Gasteiger charge is 2.08. The van der Waals surface area contributed by atoms with Crippen molar-refractivity contribution in [2.24, 2.45) is 12.0 Å². The molecule has 3 aromatic rings. The molecule has 0 spiro atoms. The largest absolute Gasteiger partial charge is 0.496 e. The summed E-state index contributed by atoms with van der Waals surface area (Å²) in [6.45, 7) is 1.94. The molecule has 0 saturated carbocycles. The highest BCUT2D eigenvalue weighted by molar-refractivity contribution is 7.16. The summed E-state index contributed by atoms with van der Waals surface area (Å²) < 4.78 is 21.1. The number of aryl methyl sites for hydroxylation is 2. The molecule has 2 aromatic carbocycles. The van der Waals surface area contributed by atoms with E-state index in [9.17, 15) is 9.18 Å². The summed E-state index contributed by atoms with van der Waals surface area (Å²) >= 11 is 1.30. The third-order valence-electron chi connectivity index (χ3n) is 3.81. The molecule has 0 unspecified atom stereocenters. The Bertz CT molecular complexity index is 988. The van der Waals surface area contributed by atoms with Gasteiger partial charge in [-0.2, -0.15) is 4.99 Å². The van der Waals surface area contributed by atoms with Crippen molar-refractivity contribution in [3.05, 3.63) is 58.1 Å². The van der Waals surface area contributed by atoms with Crippen LogP contribution in [-0.2, 0) is 18.3 Å². The van der Waals surface area contributed by atoms with Crippen molar-refractivity contribution >= 4 is 27.5 Å². The van der Waals surface area contributed by atoms with E-state index >= 15 is 0 Å². The first kappa shape index (κ1) is 16.4. The van der Waals surface area contributed by atoms with Crippen LogP contribution < -0.4 is 9.54 Å².